The lowest BCUT2D eigenvalue weighted by atomic mass is 10.0. The van der Waals surface area contributed by atoms with Gasteiger partial charge in [-0.1, -0.05) is 38.1 Å². The van der Waals surface area contributed by atoms with Crippen LogP contribution in [0.15, 0.2) is 24.3 Å². The van der Waals surface area contributed by atoms with Crippen LogP contribution in [0.3, 0.4) is 0 Å². The zero-order chi connectivity index (χ0) is 10.6. The summed E-state index contributed by atoms with van der Waals surface area (Å²) in [5.41, 5.74) is 1.26. The van der Waals surface area contributed by atoms with Crippen LogP contribution in [0.25, 0.3) is 0 Å². The molecule has 14 heavy (non-hydrogen) atoms. The third-order valence-corrected chi connectivity index (χ3v) is 2.95. The van der Waals surface area contributed by atoms with E-state index in [0.29, 0.717) is 5.92 Å². The lowest BCUT2D eigenvalue weighted by Crippen LogP contribution is -2.24. The second kappa shape index (κ2) is 4.96. The van der Waals surface area contributed by atoms with Crippen LogP contribution < -0.4 is 5.19 Å². The Labute approximate surface area is 87.2 Å². The second-order valence-corrected chi connectivity index (χ2v) is 4.38. The largest absolute Gasteiger partial charge is 0.511 e. The molecule has 1 aromatic carbocycles. The Bertz CT molecular complexity index is 321. The Morgan fingerprint density at radius 1 is 1.36 bits per heavy atom. The van der Waals surface area contributed by atoms with Crippen molar-refractivity contribution < 1.29 is 9.22 Å². The van der Waals surface area contributed by atoms with Gasteiger partial charge in [0.25, 0.3) is 5.97 Å². The van der Waals surface area contributed by atoms with Crippen molar-refractivity contribution in [1.29, 1.82) is 0 Å². The number of carbonyl (C=O) groups excluding carboxylic acids is 1. The number of rotatable bonds is 3. The summed E-state index contributed by atoms with van der Waals surface area (Å²) < 4.78 is 5.01. The van der Waals surface area contributed by atoms with Gasteiger partial charge in [-0.05, 0) is 16.7 Å². The van der Waals surface area contributed by atoms with Crippen LogP contribution in [0.4, 0.5) is 0 Å². The molecule has 0 N–H and O–H groups in total. The molecule has 1 aromatic rings. The van der Waals surface area contributed by atoms with E-state index in [0.717, 1.165) is 5.19 Å². The van der Waals surface area contributed by atoms with Gasteiger partial charge in [0.15, 0.2) is 0 Å². The number of hydrogen-bond donors (Lipinski definition) is 0. The molecule has 0 saturated heterocycles. The molecule has 0 heterocycles. The molecule has 0 spiro atoms. The van der Waals surface area contributed by atoms with E-state index in [1.165, 1.54) is 12.5 Å². The number of hydrogen-bond acceptors (Lipinski definition) is 2. The first-order chi connectivity index (χ1) is 6.61. The zero-order valence-corrected chi connectivity index (χ0v) is 9.70. The Balaban J connectivity index is 2.79. The predicted molar refractivity (Wildman–Crippen MR) is 57.7 cm³/mol. The fraction of sp³-hybridized carbons (Fsp3) is 0.364. The molecule has 3 heteroatoms. The minimum absolute atomic E-state index is 0.127. The molecule has 0 saturated carbocycles. The molecule has 2 radical (unpaired) electrons. The molecule has 0 amide bonds. The summed E-state index contributed by atoms with van der Waals surface area (Å²) in [7, 11) is 0.127. The summed E-state index contributed by atoms with van der Waals surface area (Å²) in [5.74, 6) is 0.246. The molecule has 1 rings (SSSR count). The van der Waals surface area contributed by atoms with Crippen LogP contribution in [0.2, 0.25) is 0 Å². The van der Waals surface area contributed by atoms with Crippen LogP contribution in [-0.2, 0) is 9.22 Å². The van der Waals surface area contributed by atoms with Gasteiger partial charge in [0.1, 0.15) is 0 Å². The summed E-state index contributed by atoms with van der Waals surface area (Å²) in [6, 6.07) is 8.07. The van der Waals surface area contributed by atoms with Gasteiger partial charge in [0.05, 0.1) is 0 Å². The van der Waals surface area contributed by atoms with Gasteiger partial charge >= 0.3 is 9.76 Å². The van der Waals surface area contributed by atoms with E-state index >= 15 is 0 Å². The zero-order valence-electron chi connectivity index (χ0n) is 8.70. The molecule has 0 aliphatic heterocycles. The third-order valence-electron chi connectivity index (χ3n) is 1.89. The fourth-order valence-electron chi connectivity index (χ4n) is 1.22. The Morgan fingerprint density at radius 2 is 2.00 bits per heavy atom. The number of benzene rings is 1. The predicted octanol–water partition coefficient (Wildman–Crippen LogP) is 1.62. The summed E-state index contributed by atoms with van der Waals surface area (Å²) >= 11 is 0. The third kappa shape index (κ3) is 2.99. The monoisotopic (exact) mass is 206 g/mol. The quantitative estimate of drug-likeness (QED) is 0.702. The Kier molecular flexibility index (Phi) is 3.89. The molecule has 0 aliphatic rings. The fourth-order valence-corrected chi connectivity index (χ4v) is 2.13. The molecule has 0 aliphatic carbocycles. The second-order valence-electron chi connectivity index (χ2n) is 3.44. The number of carbonyl (C=O) groups is 1. The highest BCUT2D eigenvalue weighted by molar-refractivity contribution is 6.49. The van der Waals surface area contributed by atoms with Gasteiger partial charge in [-0.3, -0.25) is 4.79 Å². The van der Waals surface area contributed by atoms with Crippen LogP contribution >= 0.6 is 0 Å². The Morgan fingerprint density at radius 3 is 2.57 bits per heavy atom. The first-order valence-electron chi connectivity index (χ1n) is 4.63. The van der Waals surface area contributed by atoms with Crippen molar-refractivity contribution in [2.75, 3.05) is 0 Å². The molecule has 2 nitrogen and oxygen atoms in total. The summed E-state index contributed by atoms with van der Waals surface area (Å²) in [6.45, 7) is 5.71. The minimum atomic E-state index is -0.220. The van der Waals surface area contributed by atoms with Crippen molar-refractivity contribution in [3.63, 3.8) is 0 Å². The van der Waals surface area contributed by atoms with Crippen LogP contribution in [0.1, 0.15) is 32.3 Å². The minimum Gasteiger partial charge on any atom is -0.511 e. The van der Waals surface area contributed by atoms with Crippen molar-refractivity contribution in [2.24, 2.45) is 0 Å². The summed E-state index contributed by atoms with van der Waals surface area (Å²) in [6.07, 6.45) is 0. The highest BCUT2D eigenvalue weighted by atomic mass is 28.2. The van der Waals surface area contributed by atoms with E-state index in [9.17, 15) is 4.79 Å². The van der Waals surface area contributed by atoms with Crippen LogP contribution in [0.5, 0.6) is 0 Å². The molecule has 0 bridgehead atoms. The molecule has 0 atom stereocenters. The van der Waals surface area contributed by atoms with Crippen LogP contribution in [-0.4, -0.2) is 15.7 Å². The van der Waals surface area contributed by atoms with Crippen molar-refractivity contribution in [3.05, 3.63) is 29.8 Å². The highest BCUT2D eigenvalue weighted by Crippen LogP contribution is 2.10. The summed E-state index contributed by atoms with van der Waals surface area (Å²) in [4.78, 5) is 10.7. The van der Waals surface area contributed by atoms with E-state index in [-0.39, 0.29) is 15.7 Å². The molecule has 0 unspecified atom stereocenters. The molecule has 0 fully saturated rings. The summed E-state index contributed by atoms with van der Waals surface area (Å²) in [5, 5.41) is 1.12. The maximum absolute atomic E-state index is 10.7. The average Bonchev–Trinajstić information content (AvgIpc) is 2.15. The lowest BCUT2D eigenvalue weighted by molar-refractivity contribution is -0.131. The first-order valence-corrected chi connectivity index (χ1v) is 5.54. The topological polar surface area (TPSA) is 26.3 Å². The van der Waals surface area contributed by atoms with E-state index in [4.69, 9.17) is 4.43 Å². The average molecular weight is 206 g/mol. The highest BCUT2D eigenvalue weighted by Gasteiger charge is 2.08. The molecule has 74 valence electrons. The van der Waals surface area contributed by atoms with E-state index in [1.54, 1.807) is 0 Å². The van der Waals surface area contributed by atoms with Gasteiger partial charge in [-0.2, -0.15) is 0 Å². The maximum Gasteiger partial charge on any atom is 0.355 e. The SMILES string of the molecule is CC(=O)O[Si]c1ccccc1C(C)C. The molecule has 0 aromatic heterocycles. The van der Waals surface area contributed by atoms with Gasteiger partial charge in [-0.15, -0.1) is 0 Å². The van der Waals surface area contributed by atoms with Crippen LogP contribution in [0, 0.1) is 0 Å². The van der Waals surface area contributed by atoms with E-state index < -0.39 is 0 Å². The van der Waals surface area contributed by atoms with Crippen molar-refractivity contribution in [2.45, 2.75) is 26.7 Å². The Hall–Kier alpha value is -1.09. The van der Waals surface area contributed by atoms with Gasteiger partial charge in [0.2, 0.25) is 0 Å². The standard InChI is InChI=1S/C11H14O2Si/c1-8(2)10-6-4-5-7-11(10)14-13-9(3)12/h4-8H,1-3H3. The first kappa shape index (κ1) is 11.0. The lowest BCUT2D eigenvalue weighted by Gasteiger charge is -2.10. The van der Waals surface area contributed by atoms with Gasteiger partial charge in [0, 0.05) is 6.92 Å². The van der Waals surface area contributed by atoms with E-state index in [2.05, 4.69) is 19.9 Å². The van der Waals surface area contributed by atoms with Crippen molar-refractivity contribution in [1.82, 2.24) is 0 Å². The van der Waals surface area contributed by atoms with Gasteiger partial charge in [-0.25, -0.2) is 0 Å². The maximum atomic E-state index is 10.7. The van der Waals surface area contributed by atoms with Crippen molar-refractivity contribution in [3.8, 4) is 0 Å². The van der Waals surface area contributed by atoms with Crippen molar-refractivity contribution >= 4 is 20.9 Å². The smallest absolute Gasteiger partial charge is 0.355 e. The molecular formula is C11H14O2Si. The van der Waals surface area contributed by atoms with Gasteiger partial charge < -0.3 is 4.43 Å². The molecular weight excluding hydrogens is 192 g/mol. The van der Waals surface area contributed by atoms with E-state index in [1.807, 2.05) is 18.2 Å². The normalized spacial score (nSPS) is 10.3.